The summed E-state index contributed by atoms with van der Waals surface area (Å²) in [7, 11) is 1.76. The number of carbonyl (C=O) groups excluding carboxylic acids is 1. The van der Waals surface area contributed by atoms with Crippen molar-refractivity contribution in [3.8, 4) is 6.07 Å². The lowest BCUT2D eigenvalue weighted by molar-refractivity contribution is -0.128. The molecule has 0 saturated heterocycles. The normalized spacial score (nSPS) is 16.9. The average Bonchev–Trinajstić information content (AvgIpc) is 2.72. The summed E-state index contributed by atoms with van der Waals surface area (Å²) in [5.41, 5.74) is 2.47. The van der Waals surface area contributed by atoms with Crippen LogP contribution in [0.1, 0.15) is 18.9 Å². The van der Waals surface area contributed by atoms with Gasteiger partial charge in [0.2, 0.25) is 5.91 Å². The zero-order chi connectivity index (χ0) is 13.8. The maximum absolute atomic E-state index is 12.1. The third kappa shape index (κ3) is 2.87. The van der Waals surface area contributed by atoms with E-state index >= 15 is 0 Å². The monoisotopic (exact) mass is 257 g/mol. The van der Waals surface area contributed by atoms with E-state index in [4.69, 9.17) is 5.26 Å². The molecule has 0 radical (unpaired) electrons. The molecule has 1 aromatic carbocycles. The van der Waals surface area contributed by atoms with E-state index in [0.717, 1.165) is 12.1 Å². The lowest BCUT2D eigenvalue weighted by atomic mass is 10.1. The molecule has 2 rings (SSSR count). The Hall–Kier alpha value is -2.02. The predicted octanol–water partition coefficient (Wildman–Crippen LogP) is 1.81. The van der Waals surface area contributed by atoms with E-state index in [-0.39, 0.29) is 5.91 Å². The number of anilines is 1. The number of amides is 1. The van der Waals surface area contributed by atoms with Gasteiger partial charge in [-0.05, 0) is 25.0 Å². The van der Waals surface area contributed by atoms with Crippen molar-refractivity contribution >= 4 is 11.6 Å². The first-order valence-electron chi connectivity index (χ1n) is 6.59. The highest BCUT2D eigenvalue weighted by molar-refractivity contribution is 5.82. The first-order chi connectivity index (χ1) is 9.13. The van der Waals surface area contributed by atoms with Crippen molar-refractivity contribution < 1.29 is 4.79 Å². The fourth-order valence-corrected chi connectivity index (χ4v) is 2.48. The molecule has 19 heavy (non-hydrogen) atoms. The van der Waals surface area contributed by atoms with E-state index < -0.39 is 0 Å². The molecule has 0 aliphatic carbocycles. The van der Waals surface area contributed by atoms with Crippen molar-refractivity contribution in [2.45, 2.75) is 25.8 Å². The molecule has 1 amide bonds. The van der Waals surface area contributed by atoms with Crippen molar-refractivity contribution in [1.29, 1.82) is 5.26 Å². The largest absolute Gasteiger partial charge is 0.359 e. The van der Waals surface area contributed by atoms with Gasteiger partial charge in [-0.25, -0.2) is 0 Å². The minimum Gasteiger partial charge on any atom is -0.359 e. The van der Waals surface area contributed by atoms with E-state index in [1.54, 1.807) is 11.9 Å². The molecule has 0 fully saturated rings. The van der Waals surface area contributed by atoms with Crippen LogP contribution in [-0.4, -0.2) is 37.0 Å². The molecule has 0 N–H and O–H groups in total. The highest BCUT2D eigenvalue weighted by Gasteiger charge is 2.27. The van der Waals surface area contributed by atoms with E-state index in [1.807, 2.05) is 12.1 Å². The van der Waals surface area contributed by atoms with Crippen LogP contribution in [0.4, 0.5) is 5.69 Å². The van der Waals surface area contributed by atoms with E-state index in [9.17, 15) is 4.79 Å². The Kier molecular flexibility index (Phi) is 4.06. The fraction of sp³-hybridized carbons (Fsp3) is 0.467. The molecule has 1 aliphatic heterocycles. The molecule has 1 atom stereocenters. The van der Waals surface area contributed by atoms with Crippen LogP contribution in [0, 0.1) is 11.3 Å². The molecule has 0 bridgehead atoms. The molecule has 0 aromatic heterocycles. The number of para-hydroxylation sites is 1. The number of nitriles is 1. The molecule has 1 aromatic rings. The van der Waals surface area contributed by atoms with Gasteiger partial charge in [-0.1, -0.05) is 18.2 Å². The van der Waals surface area contributed by atoms with Crippen molar-refractivity contribution in [1.82, 2.24) is 4.90 Å². The van der Waals surface area contributed by atoms with Crippen LogP contribution in [0.15, 0.2) is 24.3 Å². The Morgan fingerprint density at radius 3 is 3.00 bits per heavy atom. The standard InChI is InChI=1S/C15H19N3O/c1-12-10-13-6-3-4-7-14(13)18(12)11-15(19)17(2)9-5-8-16/h3-4,6-7,12H,5,9-11H2,1-2H3/t12-/m1/s1. The molecule has 0 spiro atoms. The minimum atomic E-state index is 0.0683. The number of hydrogen-bond donors (Lipinski definition) is 0. The smallest absolute Gasteiger partial charge is 0.241 e. The van der Waals surface area contributed by atoms with Crippen LogP contribution in [0.5, 0.6) is 0 Å². The zero-order valence-corrected chi connectivity index (χ0v) is 11.5. The van der Waals surface area contributed by atoms with Crippen LogP contribution < -0.4 is 4.90 Å². The van der Waals surface area contributed by atoms with Gasteiger partial charge in [-0.2, -0.15) is 5.26 Å². The van der Waals surface area contributed by atoms with Crippen LogP contribution in [0.3, 0.4) is 0 Å². The molecular weight excluding hydrogens is 238 g/mol. The average molecular weight is 257 g/mol. The third-order valence-corrected chi connectivity index (χ3v) is 3.64. The summed E-state index contributed by atoms with van der Waals surface area (Å²) in [5, 5.41) is 8.55. The molecule has 1 heterocycles. The Morgan fingerprint density at radius 1 is 1.53 bits per heavy atom. The van der Waals surface area contributed by atoms with Crippen LogP contribution in [0.2, 0.25) is 0 Å². The summed E-state index contributed by atoms with van der Waals surface area (Å²) in [5.74, 6) is 0.0683. The number of fused-ring (bicyclic) bond motifs is 1. The van der Waals surface area contributed by atoms with Crippen LogP contribution >= 0.6 is 0 Å². The maximum atomic E-state index is 12.1. The Labute approximate surface area is 114 Å². The lowest BCUT2D eigenvalue weighted by Gasteiger charge is -2.26. The number of carbonyl (C=O) groups is 1. The first kappa shape index (κ1) is 13.4. The Morgan fingerprint density at radius 2 is 2.26 bits per heavy atom. The summed E-state index contributed by atoms with van der Waals surface area (Å²) in [6.07, 6.45) is 1.37. The SMILES string of the molecule is C[C@@H]1Cc2ccccc2N1CC(=O)N(C)CCC#N. The van der Waals surface area contributed by atoms with Crippen LogP contribution in [-0.2, 0) is 11.2 Å². The number of hydrogen-bond acceptors (Lipinski definition) is 3. The molecule has 0 unspecified atom stereocenters. The third-order valence-electron chi connectivity index (χ3n) is 3.64. The second-order valence-corrected chi connectivity index (χ2v) is 5.03. The zero-order valence-electron chi connectivity index (χ0n) is 11.5. The summed E-state index contributed by atoms with van der Waals surface area (Å²) in [4.78, 5) is 15.9. The van der Waals surface area contributed by atoms with Gasteiger partial charge in [-0.3, -0.25) is 4.79 Å². The van der Waals surface area contributed by atoms with Crippen LogP contribution in [0.25, 0.3) is 0 Å². The topological polar surface area (TPSA) is 47.3 Å². The molecule has 0 saturated carbocycles. The van der Waals surface area contributed by atoms with Crippen molar-refractivity contribution in [2.75, 3.05) is 25.0 Å². The van der Waals surface area contributed by atoms with E-state index in [2.05, 4.69) is 30.0 Å². The van der Waals surface area contributed by atoms with Gasteiger partial charge in [0.15, 0.2) is 0 Å². The van der Waals surface area contributed by atoms with Gasteiger partial charge in [-0.15, -0.1) is 0 Å². The van der Waals surface area contributed by atoms with E-state index in [1.165, 1.54) is 5.56 Å². The van der Waals surface area contributed by atoms with Crippen molar-refractivity contribution in [3.63, 3.8) is 0 Å². The maximum Gasteiger partial charge on any atom is 0.241 e. The van der Waals surface area contributed by atoms with Gasteiger partial charge in [0.1, 0.15) is 0 Å². The predicted molar refractivity (Wildman–Crippen MR) is 74.8 cm³/mol. The lowest BCUT2D eigenvalue weighted by Crippen LogP contribution is -2.41. The Balaban J connectivity index is 2.03. The quantitative estimate of drug-likeness (QED) is 0.826. The van der Waals surface area contributed by atoms with E-state index in [0.29, 0.717) is 25.6 Å². The summed E-state index contributed by atoms with van der Waals surface area (Å²) >= 11 is 0. The molecule has 4 heteroatoms. The number of nitrogens with zero attached hydrogens (tertiary/aromatic N) is 3. The minimum absolute atomic E-state index is 0.0683. The molecule has 1 aliphatic rings. The second-order valence-electron chi connectivity index (χ2n) is 5.03. The fourth-order valence-electron chi connectivity index (χ4n) is 2.48. The summed E-state index contributed by atoms with van der Waals surface area (Å²) in [6, 6.07) is 10.7. The highest BCUT2D eigenvalue weighted by Crippen LogP contribution is 2.31. The second kappa shape index (κ2) is 5.75. The molecule has 4 nitrogen and oxygen atoms in total. The van der Waals surface area contributed by atoms with Gasteiger partial charge < -0.3 is 9.80 Å². The number of rotatable bonds is 4. The summed E-state index contributed by atoms with van der Waals surface area (Å²) in [6.45, 7) is 3.03. The Bertz CT molecular complexity index is 506. The van der Waals surface area contributed by atoms with Crippen molar-refractivity contribution in [3.05, 3.63) is 29.8 Å². The first-order valence-corrected chi connectivity index (χ1v) is 6.59. The molecular formula is C15H19N3O. The van der Waals surface area contributed by atoms with Crippen molar-refractivity contribution in [2.24, 2.45) is 0 Å². The molecule has 100 valence electrons. The highest BCUT2D eigenvalue weighted by atomic mass is 16.2. The number of benzene rings is 1. The summed E-state index contributed by atoms with van der Waals surface area (Å²) < 4.78 is 0. The van der Waals surface area contributed by atoms with Gasteiger partial charge in [0.05, 0.1) is 19.0 Å². The van der Waals surface area contributed by atoms with Gasteiger partial charge in [0, 0.05) is 25.3 Å². The van der Waals surface area contributed by atoms with Gasteiger partial charge >= 0.3 is 0 Å². The van der Waals surface area contributed by atoms with Gasteiger partial charge in [0.25, 0.3) is 0 Å². The number of likely N-dealkylation sites (N-methyl/N-ethyl adjacent to an activating group) is 1.